The van der Waals surface area contributed by atoms with Crippen molar-refractivity contribution < 1.29 is 13.9 Å². The highest BCUT2D eigenvalue weighted by Gasteiger charge is 2.22. The first kappa shape index (κ1) is 23.8. The summed E-state index contributed by atoms with van der Waals surface area (Å²) in [5.41, 5.74) is 2.21. The lowest BCUT2D eigenvalue weighted by Crippen LogP contribution is -2.37. The number of benzene rings is 2. The minimum Gasteiger partial charge on any atom is -0.378 e. The molecule has 2 saturated heterocycles. The Bertz CT molecular complexity index is 1210. The van der Waals surface area contributed by atoms with Gasteiger partial charge in [0.1, 0.15) is 5.82 Å². The summed E-state index contributed by atoms with van der Waals surface area (Å²) in [5.74, 6) is -0.234. The van der Waals surface area contributed by atoms with Crippen molar-refractivity contribution in [2.75, 3.05) is 54.5 Å². The van der Waals surface area contributed by atoms with Gasteiger partial charge in [-0.05, 0) is 43.2 Å². The molecular formula is C25H23Cl2FN5O2. The fourth-order valence-electron chi connectivity index (χ4n) is 4.22. The number of nitrogens with zero attached hydrogens (tertiary/aromatic N) is 4. The molecule has 0 atom stereocenters. The minimum atomic E-state index is -0.418. The van der Waals surface area contributed by atoms with E-state index in [4.69, 9.17) is 27.9 Å². The molecule has 5 rings (SSSR count). The second-order valence-corrected chi connectivity index (χ2v) is 9.23. The molecule has 3 aromatic rings. The molecule has 2 fully saturated rings. The van der Waals surface area contributed by atoms with Crippen molar-refractivity contribution >= 4 is 46.4 Å². The number of amides is 1. The maximum atomic E-state index is 15.3. The predicted molar refractivity (Wildman–Crippen MR) is 136 cm³/mol. The molecule has 2 aliphatic rings. The van der Waals surface area contributed by atoms with Crippen LogP contribution < -0.4 is 15.1 Å². The second-order valence-electron chi connectivity index (χ2n) is 8.36. The number of halogens is 3. The molecule has 0 saturated carbocycles. The van der Waals surface area contributed by atoms with Crippen LogP contribution in [0, 0.1) is 12.2 Å². The van der Waals surface area contributed by atoms with Crippen LogP contribution in [0.25, 0.3) is 11.1 Å². The molecule has 1 aromatic heterocycles. The molecule has 10 heteroatoms. The molecule has 0 bridgehead atoms. The Kier molecular flexibility index (Phi) is 7.04. The maximum absolute atomic E-state index is 15.3. The van der Waals surface area contributed by atoms with Gasteiger partial charge in [0.2, 0.25) is 5.95 Å². The largest absolute Gasteiger partial charge is 0.378 e. The molecule has 7 nitrogen and oxygen atoms in total. The first-order valence-corrected chi connectivity index (χ1v) is 12.1. The Morgan fingerprint density at radius 2 is 1.69 bits per heavy atom. The van der Waals surface area contributed by atoms with Crippen molar-refractivity contribution in [3.05, 3.63) is 70.6 Å². The Labute approximate surface area is 212 Å². The van der Waals surface area contributed by atoms with E-state index >= 15 is 4.39 Å². The van der Waals surface area contributed by atoms with Gasteiger partial charge in [-0.1, -0.05) is 23.2 Å². The molecule has 35 heavy (non-hydrogen) atoms. The first-order chi connectivity index (χ1) is 17.0. The predicted octanol–water partition coefficient (Wildman–Crippen LogP) is 5.09. The lowest BCUT2D eigenvalue weighted by molar-refractivity contribution is 0.102. The van der Waals surface area contributed by atoms with Crippen molar-refractivity contribution in [2.45, 2.75) is 6.42 Å². The topological polar surface area (TPSA) is 70.6 Å². The van der Waals surface area contributed by atoms with Gasteiger partial charge in [-0.15, -0.1) is 0 Å². The summed E-state index contributed by atoms with van der Waals surface area (Å²) in [4.78, 5) is 26.0. The van der Waals surface area contributed by atoms with Crippen LogP contribution in [0.15, 0.2) is 42.7 Å². The molecular weight excluding hydrogens is 492 g/mol. The van der Waals surface area contributed by atoms with Gasteiger partial charge in [-0.25, -0.2) is 14.4 Å². The third-order valence-electron chi connectivity index (χ3n) is 5.99. The van der Waals surface area contributed by atoms with Crippen LogP contribution in [0.3, 0.4) is 0 Å². The summed E-state index contributed by atoms with van der Waals surface area (Å²) in [6.45, 7) is 4.06. The minimum absolute atomic E-state index is 0.296. The molecule has 0 aliphatic carbocycles. The third-order valence-corrected chi connectivity index (χ3v) is 6.43. The number of hydrogen-bond acceptors (Lipinski definition) is 6. The number of aromatic nitrogens is 2. The monoisotopic (exact) mass is 514 g/mol. The second kappa shape index (κ2) is 10.4. The number of ether oxygens (including phenoxy) is 1. The average molecular weight is 515 g/mol. The molecule has 0 unspecified atom stereocenters. The molecule has 0 spiro atoms. The number of nitrogens with one attached hydrogen (secondary N) is 1. The zero-order valence-electron chi connectivity index (χ0n) is 18.8. The van der Waals surface area contributed by atoms with Crippen molar-refractivity contribution in [2.24, 2.45) is 0 Å². The van der Waals surface area contributed by atoms with Crippen LogP contribution in [0.4, 0.5) is 21.7 Å². The molecule has 2 aromatic carbocycles. The van der Waals surface area contributed by atoms with Gasteiger partial charge in [-0.2, -0.15) is 0 Å². The normalized spacial score (nSPS) is 16.0. The van der Waals surface area contributed by atoms with Crippen molar-refractivity contribution in [1.29, 1.82) is 0 Å². The number of carbonyl (C=O) groups is 1. The highest BCUT2D eigenvalue weighted by Crippen LogP contribution is 2.36. The number of carbonyl (C=O) groups excluding carboxylic acids is 1. The SMILES string of the molecule is O=C(Nc1cc(-c2cnc(N3CCOCC3)nc2)c(F)cc1N1C[CH]CC1)c1cc(Cl)cc(Cl)c1. The maximum Gasteiger partial charge on any atom is 0.255 e. The van der Waals surface area contributed by atoms with Crippen LogP contribution in [0.1, 0.15) is 16.8 Å². The van der Waals surface area contributed by atoms with Gasteiger partial charge in [-0.3, -0.25) is 4.79 Å². The summed E-state index contributed by atoms with van der Waals surface area (Å²) >= 11 is 12.2. The van der Waals surface area contributed by atoms with Crippen molar-refractivity contribution in [1.82, 2.24) is 9.97 Å². The molecule has 2 aliphatic heterocycles. The van der Waals surface area contributed by atoms with Gasteiger partial charge in [0.25, 0.3) is 5.91 Å². The summed E-state index contributed by atoms with van der Waals surface area (Å²) in [6.07, 6.45) is 6.20. The van der Waals surface area contributed by atoms with Crippen LogP contribution in [0.5, 0.6) is 0 Å². The third kappa shape index (κ3) is 5.34. The highest BCUT2D eigenvalue weighted by molar-refractivity contribution is 6.35. The van der Waals surface area contributed by atoms with Crippen LogP contribution >= 0.6 is 23.2 Å². The smallest absolute Gasteiger partial charge is 0.255 e. The van der Waals surface area contributed by atoms with E-state index in [-0.39, 0.29) is 0 Å². The quantitative estimate of drug-likeness (QED) is 0.511. The van der Waals surface area contributed by atoms with Crippen molar-refractivity contribution in [3.8, 4) is 11.1 Å². The van der Waals surface area contributed by atoms with Crippen molar-refractivity contribution in [3.63, 3.8) is 0 Å². The average Bonchev–Trinajstić information content (AvgIpc) is 3.40. The zero-order chi connectivity index (χ0) is 24.4. The van der Waals surface area contributed by atoms with Gasteiger partial charge >= 0.3 is 0 Å². The number of hydrogen-bond donors (Lipinski definition) is 1. The number of anilines is 3. The summed E-state index contributed by atoms with van der Waals surface area (Å²) < 4.78 is 20.7. The highest BCUT2D eigenvalue weighted by atomic mass is 35.5. The van der Waals surface area contributed by atoms with Crippen LogP contribution in [0.2, 0.25) is 10.0 Å². The first-order valence-electron chi connectivity index (χ1n) is 11.3. The van der Waals surface area contributed by atoms with E-state index in [9.17, 15) is 4.79 Å². The summed E-state index contributed by atoms with van der Waals surface area (Å²) in [6, 6.07) is 7.70. The summed E-state index contributed by atoms with van der Waals surface area (Å²) in [5, 5.41) is 3.63. The number of rotatable bonds is 5. The van der Waals surface area contributed by atoms with Gasteiger partial charge in [0.05, 0.1) is 24.6 Å². The number of morpholine rings is 1. The fourth-order valence-corrected chi connectivity index (χ4v) is 4.74. The van der Waals surface area contributed by atoms with E-state index in [0.717, 1.165) is 13.0 Å². The van der Waals surface area contributed by atoms with Crippen LogP contribution in [-0.2, 0) is 4.74 Å². The Balaban J connectivity index is 1.48. The lowest BCUT2D eigenvalue weighted by atomic mass is 10.1. The van der Waals surface area contributed by atoms with E-state index in [0.29, 0.717) is 76.9 Å². The Morgan fingerprint density at radius 3 is 2.34 bits per heavy atom. The Hall–Kier alpha value is -2.94. The fraction of sp³-hybridized carbons (Fsp3) is 0.280. The van der Waals surface area contributed by atoms with Crippen LogP contribution in [-0.4, -0.2) is 55.3 Å². The standard InChI is InChI=1S/C25H23Cl2FN5O2/c26-18-9-16(10-19(27)11-18)24(34)31-22-12-20(21(28)13-23(22)32-3-1-2-4-32)17-14-29-25(30-15-17)33-5-7-35-8-6-33/h1,9-15H,2-8H2,(H,31,34). The van der Waals surface area contributed by atoms with E-state index in [1.54, 1.807) is 24.5 Å². The summed E-state index contributed by atoms with van der Waals surface area (Å²) in [7, 11) is 0. The van der Waals surface area contributed by atoms with E-state index in [2.05, 4.69) is 21.7 Å². The zero-order valence-corrected chi connectivity index (χ0v) is 20.3. The van der Waals surface area contributed by atoms with Gasteiger partial charge in [0, 0.05) is 65.3 Å². The molecule has 3 heterocycles. The lowest BCUT2D eigenvalue weighted by Gasteiger charge is -2.26. The van der Waals surface area contributed by atoms with Gasteiger partial charge < -0.3 is 19.9 Å². The Morgan fingerprint density at radius 1 is 0.971 bits per heavy atom. The van der Waals surface area contributed by atoms with E-state index in [1.165, 1.54) is 18.2 Å². The molecule has 181 valence electrons. The molecule has 1 N–H and O–H groups in total. The van der Waals surface area contributed by atoms with E-state index in [1.807, 2.05) is 9.80 Å². The molecule has 1 amide bonds. The van der Waals surface area contributed by atoms with E-state index < -0.39 is 11.7 Å². The molecule has 1 radical (unpaired) electrons. The van der Waals surface area contributed by atoms with Gasteiger partial charge in [0.15, 0.2) is 0 Å².